The Morgan fingerprint density at radius 2 is 1.48 bits per heavy atom. The minimum atomic E-state index is -1.20. The molecule has 148 valence electrons. The molecule has 2 heterocycles. The van der Waals surface area contributed by atoms with Crippen LogP contribution in [0.25, 0.3) is 0 Å². The summed E-state index contributed by atoms with van der Waals surface area (Å²) >= 11 is 0. The normalized spacial score (nSPS) is 21.1. The second-order valence-electron chi connectivity index (χ2n) is 7.87. The molecule has 0 bridgehead atoms. The number of rotatable bonds is 4. The van der Waals surface area contributed by atoms with Gasteiger partial charge in [-0.1, -0.05) is 66.7 Å². The number of ether oxygens (including phenoxy) is 2. The van der Waals surface area contributed by atoms with Crippen molar-refractivity contribution in [2.75, 3.05) is 19.9 Å². The molecule has 1 fully saturated rings. The third-order valence-electron chi connectivity index (χ3n) is 6.38. The topological polar surface area (TPSA) is 50.7 Å². The summed E-state index contributed by atoms with van der Waals surface area (Å²) in [6.07, 6.45) is 1.84. The highest BCUT2D eigenvalue weighted by molar-refractivity contribution is 5.52. The zero-order chi connectivity index (χ0) is 19.7. The first-order valence-electron chi connectivity index (χ1n) is 10.2. The van der Waals surface area contributed by atoms with Crippen molar-refractivity contribution in [3.05, 3.63) is 95.6 Å². The van der Waals surface area contributed by atoms with Crippen LogP contribution in [0.5, 0.6) is 11.5 Å². The third kappa shape index (κ3) is 2.83. The number of aliphatic hydroxyl groups is 1. The minimum Gasteiger partial charge on any atom is -0.454 e. The Hall–Kier alpha value is -2.82. The average Bonchev–Trinajstić information content (AvgIpc) is 3.28. The standard InChI is InChI=1S/C25H25NO3/c27-25(19-8-3-1-4-9-19,20-10-5-2-6-11-20)24(14-7-15-26-17-24)21-12-13-22-23(16-21)29-18-28-22/h1-6,8-13,16,26-27H,7,14-15,17-18H2. The first-order chi connectivity index (χ1) is 14.2. The van der Waals surface area contributed by atoms with Gasteiger partial charge in [-0.05, 0) is 48.2 Å². The first-order valence-corrected chi connectivity index (χ1v) is 10.2. The van der Waals surface area contributed by atoms with Crippen LogP contribution in [0.1, 0.15) is 29.5 Å². The molecular weight excluding hydrogens is 362 g/mol. The molecule has 29 heavy (non-hydrogen) atoms. The molecule has 2 N–H and O–H groups in total. The molecule has 0 radical (unpaired) electrons. The summed E-state index contributed by atoms with van der Waals surface area (Å²) in [5, 5.41) is 16.2. The highest BCUT2D eigenvalue weighted by Gasteiger charge is 2.54. The van der Waals surface area contributed by atoms with E-state index >= 15 is 0 Å². The van der Waals surface area contributed by atoms with Crippen molar-refractivity contribution >= 4 is 0 Å². The van der Waals surface area contributed by atoms with Crippen LogP contribution in [0.15, 0.2) is 78.9 Å². The third-order valence-corrected chi connectivity index (χ3v) is 6.38. The van der Waals surface area contributed by atoms with E-state index in [0.29, 0.717) is 6.54 Å². The number of piperidine rings is 1. The summed E-state index contributed by atoms with van der Waals surface area (Å²) in [4.78, 5) is 0. The predicted molar refractivity (Wildman–Crippen MR) is 112 cm³/mol. The average molecular weight is 387 g/mol. The van der Waals surface area contributed by atoms with Gasteiger partial charge in [-0.3, -0.25) is 0 Å². The fourth-order valence-corrected chi connectivity index (χ4v) is 4.94. The Kier molecular flexibility index (Phi) is 4.53. The predicted octanol–water partition coefficient (Wildman–Crippen LogP) is 3.97. The van der Waals surface area contributed by atoms with E-state index in [1.54, 1.807) is 0 Å². The van der Waals surface area contributed by atoms with E-state index in [-0.39, 0.29) is 6.79 Å². The van der Waals surface area contributed by atoms with E-state index < -0.39 is 11.0 Å². The first kappa shape index (κ1) is 18.2. The summed E-state index contributed by atoms with van der Waals surface area (Å²) in [7, 11) is 0. The van der Waals surface area contributed by atoms with E-state index in [9.17, 15) is 5.11 Å². The monoisotopic (exact) mass is 387 g/mol. The van der Waals surface area contributed by atoms with Gasteiger partial charge in [0.2, 0.25) is 6.79 Å². The molecule has 5 rings (SSSR count). The van der Waals surface area contributed by atoms with Crippen molar-refractivity contribution in [3.63, 3.8) is 0 Å². The molecule has 2 aliphatic heterocycles. The Balaban J connectivity index is 1.76. The van der Waals surface area contributed by atoms with Gasteiger partial charge in [-0.2, -0.15) is 0 Å². The maximum atomic E-state index is 12.6. The molecule has 4 heteroatoms. The molecule has 0 aliphatic carbocycles. The van der Waals surface area contributed by atoms with E-state index in [4.69, 9.17) is 9.47 Å². The van der Waals surface area contributed by atoms with Crippen molar-refractivity contribution in [1.82, 2.24) is 5.32 Å². The number of benzene rings is 3. The SMILES string of the molecule is OC(c1ccccc1)(c1ccccc1)C1(c2ccc3c(c2)OCO3)CCCNC1. The van der Waals surface area contributed by atoms with Crippen molar-refractivity contribution in [3.8, 4) is 11.5 Å². The highest BCUT2D eigenvalue weighted by Crippen LogP contribution is 2.52. The number of fused-ring (bicyclic) bond motifs is 1. The zero-order valence-corrected chi connectivity index (χ0v) is 16.3. The van der Waals surface area contributed by atoms with Crippen LogP contribution >= 0.6 is 0 Å². The molecule has 0 amide bonds. The second-order valence-corrected chi connectivity index (χ2v) is 7.87. The molecule has 1 unspecified atom stereocenters. The van der Waals surface area contributed by atoms with Gasteiger partial charge in [-0.25, -0.2) is 0 Å². The summed E-state index contributed by atoms with van der Waals surface area (Å²) in [5.41, 5.74) is 1.11. The Bertz CT molecular complexity index is 942. The minimum absolute atomic E-state index is 0.242. The number of nitrogens with one attached hydrogen (secondary N) is 1. The van der Waals surface area contributed by atoms with Gasteiger partial charge >= 0.3 is 0 Å². The van der Waals surface area contributed by atoms with Crippen molar-refractivity contribution < 1.29 is 14.6 Å². The smallest absolute Gasteiger partial charge is 0.231 e. The van der Waals surface area contributed by atoms with E-state index in [1.807, 2.05) is 72.8 Å². The molecule has 0 saturated carbocycles. The molecule has 1 atom stereocenters. The Morgan fingerprint density at radius 3 is 2.10 bits per heavy atom. The maximum absolute atomic E-state index is 12.6. The quantitative estimate of drug-likeness (QED) is 0.711. The van der Waals surface area contributed by atoms with E-state index in [2.05, 4.69) is 11.4 Å². The molecule has 0 spiro atoms. The largest absolute Gasteiger partial charge is 0.454 e. The van der Waals surface area contributed by atoms with Crippen LogP contribution in [-0.2, 0) is 11.0 Å². The lowest BCUT2D eigenvalue weighted by Gasteiger charge is -2.51. The molecule has 2 aliphatic rings. The molecule has 3 aromatic carbocycles. The fourth-order valence-electron chi connectivity index (χ4n) is 4.94. The van der Waals surface area contributed by atoms with Gasteiger partial charge in [0.15, 0.2) is 11.5 Å². The van der Waals surface area contributed by atoms with Gasteiger partial charge in [-0.15, -0.1) is 0 Å². The zero-order valence-electron chi connectivity index (χ0n) is 16.3. The van der Waals surface area contributed by atoms with Gasteiger partial charge in [0.25, 0.3) is 0 Å². The van der Waals surface area contributed by atoms with Gasteiger partial charge in [0.05, 0.1) is 0 Å². The summed E-state index contributed by atoms with van der Waals surface area (Å²) in [6.45, 7) is 1.87. The van der Waals surface area contributed by atoms with E-state index in [0.717, 1.165) is 47.6 Å². The highest BCUT2D eigenvalue weighted by atomic mass is 16.7. The molecule has 4 nitrogen and oxygen atoms in total. The lowest BCUT2D eigenvalue weighted by Crippen LogP contribution is -2.58. The van der Waals surface area contributed by atoms with Crippen LogP contribution in [0, 0.1) is 0 Å². The molecular formula is C25H25NO3. The lowest BCUT2D eigenvalue weighted by atomic mass is 9.58. The van der Waals surface area contributed by atoms with Crippen molar-refractivity contribution in [2.45, 2.75) is 23.9 Å². The van der Waals surface area contributed by atoms with E-state index in [1.165, 1.54) is 0 Å². The summed E-state index contributed by atoms with van der Waals surface area (Å²) in [5.74, 6) is 1.51. The van der Waals surface area contributed by atoms with Crippen LogP contribution in [0.2, 0.25) is 0 Å². The summed E-state index contributed by atoms with van der Waals surface area (Å²) in [6, 6.07) is 26.1. The number of hydrogen-bond donors (Lipinski definition) is 2. The number of hydrogen-bond acceptors (Lipinski definition) is 4. The van der Waals surface area contributed by atoms with Gasteiger partial charge < -0.3 is 19.9 Å². The van der Waals surface area contributed by atoms with Crippen LogP contribution in [0.4, 0.5) is 0 Å². The fraction of sp³-hybridized carbons (Fsp3) is 0.280. The lowest BCUT2D eigenvalue weighted by molar-refractivity contribution is -0.0214. The Labute approximate surface area is 171 Å². The van der Waals surface area contributed by atoms with Crippen LogP contribution in [0.3, 0.4) is 0 Å². The van der Waals surface area contributed by atoms with Crippen LogP contribution < -0.4 is 14.8 Å². The molecule has 1 saturated heterocycles. The summed E-state index contributed by atoms with van der Waals surface area (Å²) < 4.78 is 11.2. The maximum Gasteiger partial charge on any atom is 0.231 e. The van der Waals surface area contributed by atoms with Crippen LogP contribution in [-0.4, -0.2) is 25.0 Å². The second kappa shape index (κ2) is 7.21. The van der Waals surface area contributed by atoms with Gasteiger partial charge in [0.1, 0.15) is 5.60 Å². The van der Waals surface area contributed by atoms with Crippen molar-refractivity contribution in [1.29, 1.82) is 0 Å². The van der Waals surface area contributed by atoms with Gasteiger partial charge in [0, 0.05) is 12.0 Å². The molecule has 0 aromatic heterocycles. The molecule has 3 aromatic rings. The Morgan fingerprint density at radius 1 is 0.828 bits per heavy atom. The van der Waals surface area contributed by atoms with Crippen molar-refractivity contribution in [2.24, 2.45) is 0 Å².